The molecule has 0 unspecified atom stereocenters. The molecule has 2 atom stereocenters. The normalized spacial score (nSPS) is 31.3. The van der Waals surface area contributed by atoms with Gasteiger partial charge in [-0.15, -0.1) is 0 Å². The predicted molar refractivity (Wildman–Crippen MR) is 68.5 cm³/mol. The summed E-state index contributed by atoms with van der Waals surface area (Å²) < 4.78 is 0. The SMILES string of the molecule is CC1(C)[C@@]2(C)CC[C@]1(C(=O)[O-])c1nc(C#N)c(C#N)nc12. The standard InChI is InChI=1S/C15H14N4O2/c1-13(2)14(3)4-5-15(13,12(20)21)11-10(14)18-8(6-16)9(7-17)19-11/h4-5H2,1-3H3,(H,20,21)/p-1/t14-,15+/m0/s1. The van der Waals surface area contributed by atoms with E-state index in [1.54, 1.807) is 0 Å². The summed E-state index contributed by atoms with van der Waals surface area (Å²) in [6, 6.07) is 3.69. The Hall–Kier alpha value is -2.47. The Kier molecular flexibility index (Phi) is 2.31. The molecule has 1 aromatic rings. The van der Waals surface area contributed by atoms with Gasteiger partial charge < -0.3 is 9.90 Å². The molecule has 0 spiro atoms. The van der Waals surface area contributed by atoms with Gasteiger partial charge in [-0.2, -0.15) is 10.5 Å². The zero-order chi connectivity index (χ0) is 15.6. The lowest BCUT2D eigenvalue weighted by Gasteiger charge is -2.41. The number of rotatable bonds is 1. The third-order valence-electron chi connectivity index (χ3n) is 5.83. The van der Waals surface area contributed by atoms with Crippen LogP contribution in [0.1, 0.15) is 56.4 Å². The zero-order valence-corrected chi connectivity index (χ0v) is 12.0. The molecule has 1 fully saturated rings. The average Bonchev–Trinajstić information content (AvgIpc) is 2.74. The van der Waals surface area contributed by atoms with Gasteiger partial charge in [0.2, 0.25) is 0 Å². The van der Waals surface area contributed by atoms with Crippen molar-refractivity contribution in [3.8, 4) is 12.1 Å². The second-order valence-electron chi connectivity index (χ2n) is 6.49. The first-order valence-corrected chi connectivity index (χ1v) is 6.71. The largest absolute Gasteiger partial charge is 0.549 e. The highest BCUT2D eigenvalue weighted by Gasteiger charge is 2.70. The fraction of sp³-hybridized carbons (Fsp3) is 0.533. The number of nitrogens with zero attached hydrogens (tertiary/aromatic N) is 4. The molecule has 2 bridgehead atoms. The Bertz CT molecular complexity index is 771. The number of aromatic nitrogens is 2. The van der Waals surface area contributed by atoms with Gasteiger partial charge in [0.05, 0.1) is 22.8 Å². The number of fused-ring (bicyclic) bond motifs is 5. The lowest BCUT2D eigenvalue weighted by atomic mass is 9.64. The van der Waals surface area contributed by atoms with Crippen LogP contribution in [0.4, 0.5) is 0 Å². The van der Waals surface area contributed by atoms with Gasteiger partial charge in [-0.3, -0.25) is 0 Å². The number of carboxylic acid groups (broad SMARTS) is 1. The summed E-state index contributed by atoms with van der Waals surface area (Å²) in [4.78, 5) is 20.4. The third-order valence-corrected chi connectivity index (χ3v) is 5.83. The quantitative estimate of drug-likeness (QED) is 0.731. The number of nitriles is 2. The van der Waals surface area contributed by atoms with E-state index in [2.05, 4.69) is 9.97 Å². The Morgan fingerprint density at radius 3 is 2.10 bits per heavy atom. The van der Waals surface area contributed by atoms with E-state index >= 15 is 0 Å². The summed E-state index contributed by atoms with van der Waals surface area (Å²) in [5.74, 6) is -1.18. The molecule has 0 saturated heterocycles. The van der Waals surface area contributed by atoms with Gasteiger partial charge in [-0.1, -0.05) is 20.8 Å². The molecule has 1 heterocycles. The van der Waals surface area contributed by atoms with E-state index < -0.39 is 22.2 Å². The van der Waals surface area contributed by atoms with Crippen molar-refractivity contribution in [1.29, 1.82) is 10.5 Å². The van der Waals surface area contributed by atoms with Crippen molar-refractivity contribution in [2.45, 2.75) is 44.4 Å². The molecule has 0 aliphatic heterocycles. The summed E-state index contributed by atoms with van der Waals surface area (Å²) in [7, 11) is 0. The maximum absolute atomic E-state index is 11.9. The van der Waals surface area contributed by atoms with Crippen LogP contribution in [0, 0.1) is 28.1 Å². The van der Waals surface area contributed by atoms with Gasteiger partial charge in [0.15, 0.2) is 11.4 Å². The number of carbonyl (C=O) groups excluding carboxylic acids is 1. The van der Waals surface area contributed by atoms with Crippen LogP contribution < -0.4 is 5.11 Å². The van der Waals surface area contributed by atoms with Crippen molar-refractivity contribution in [3.63, 3.8) is 0 Å². The molecule has 1 saturated carbocycles. The van der Waals surface area contributed by atoms with Crippen LogP contribution in [-0.4, -0.2) is 15.9 Å². The molecule has 2 aliphatic carbocycles. The molecule has 1 aromatic heterocycles. The van der Waals surface area contributed by atoms with Gasteiger partial charge in [0.25, 0.3) is 0 Å². The lowest BCUT2D eigenvalue weighted by molar-refractivity contribution is -0.317. The van der Waals surface area contributed by atoms with E-state index in [0.717, 1.165) is 0 Å². The Morgan fingerprint density at radius 2 is 1.62 bits per heavy atom. The fourth-order valence-electron chi connectivity index (χ4n) is 4.09. The number of hydrogen-bond acceptors (Lipinski definition) is 6. The van der Waals surface area contributed by atoms with Crippen LogP contribution in [0.3, 0.4) is 0 Å². The molecule has 2 aliphatic rings. The van der Waals surface area contributed by atoms with Crippen LogP contribution in [0.2, 0.25) is 0 Å². The van der Waals surface area contributed by atoms with Crippen molar-refractivity contribution in [3.05, 3.63) is 22.8 Å². The zero-order valence-electron chi connectivity index (χ0n) is 12.0. The summed E-state index contributed by atoms with van der Waals surface area (Å²) in [6.07, 6.45) is 1.06. The highest BCUT2D eigenvalue weighted by Crippen LogP contribution is 2.69. The van der Waals surface area contributed by atoms with Crippen LogP contribution in [-0.2, 0) is 15.6 Å². The van der Waals surface area contributed by atoms with Crippen LogP contribution >= 0.6 is 0 Å². The van der Waals surface area contributed by atoms with Gasteiger partial charge in [0.1, 0.15) is 12.1 Å². The van der Waals surface area contributed by atoms with E-state index in [4.69, 9.17) is 10.5 Å². The Morgan fingerprint density at radius 1 is 1.10 bits per heavy atom. The topological polar surface area (TPSA) is 113 Å². The van der Waals surface area contributed by atoms with Crippen molar-refractivity contribution in [2.24, 2.45) is 5.41 Å². The number of carboxylic acids is 1. The number of aliphatic carboxylic acids is 1. The van der Waals surface area contributed by atoms with Crippen molar-refractivity contribution in [1.82, 2.24) is 9.97 Å². The van der Waals surface area contributed by atoms with Crippen molar-refractivity contribution in [2.75, 3.05) is 0 Å². The van der Waals surface area contributed by atoms with Gasteiger partial charge in [-0.05, 0) is 18.3 Å². The molecule has 3 rings (SSSR count). The Labute approximate surface area is 122 Å². The minimum absolute atomic E-state index is 0.0469. The first kappa shape index (κ1) is 13.5. The molecular weight excluding hydrogens is 268 g/mol. The maximum Gasteiger partial charge on any atom is 0.177 e. The monoisotopic (exact) mass is 281 g/mol. The van der Waals surface area contributed by atoms with E-state index in [1.807, 2.05) is 32.9 Å². The summed E-state index contributed by atoms with van der Waals surface area (Å²) in [5, 5.41) is 30.1. The predicted octanol–water partition coefficient (Wildman–Crippen LogP) is 0.299. The Balaban J connectivity index is 2.44. The van der Waals surface area contributed by atoms with Gasteiger partial charge >= 0.3 is 0 Å². The summed E-state index contributed by atoms with van der Waals surface area (Å²) in [6.45, 7) is 5.69. The van der Waals surface area contributed by atoms with E-state index in [-0.39, 0.29) is 11.4 Å². The first-order chi connectivity index (χ1) is 9.76. The number of hydrogen-bond donors (Lipinski definition) is 0. The minimum atomic E-state index is -1.25. The summed E-state index contributed by atoms with van der Waals surface area (Å²) in [5.41, 5.74) is -1.71. The first-order valence-electron chi connectivity index (χ1n) is 6.71. The van der Waals surface area contributed by atoms with Gasteiger partial charge in [0, 0.05) is 5.41 Å². The van der Waals surface area contributed by atoms with Crippen LogP contribution in [0.15, 0.2) is 0 Å². The fourth-order valence-corrected chi connectivity index (χ4v) is 4.09. The maximum atomic E-state index is 11.9. The molecule has 6 heteroatoms. The van der Waals surface area contributed by atoms with E-state index in [0.29, 0.717) is 24.2 Å². The average molecular weight is 281 g/mol. The molecule has 6 nitrogen and oxygen atoms in total. The molecule has 106 valence electrons. The smallest absolute Gasteiger partial charge is 0.177 e. The molecular formula is C15H13N4O2-. The molecule has 0 aromatic carbocycles. The highest BCUT2D eigenvalue weighted by molar-refractivity contribution is 5.84. The highest BCUT2D eigenvalue weighted by atomic mass is 16.4. The molecule has 0 N–H and O–H groups in total. The lowest BCUT2D eigenvalue weighted by Crippen LogP contribution is -2.52. The van der Waals surface area contributed by atoms with Crippen LogP contribution in [0.25, 0.3) is 0 Å². The third kappa shape index (κ3) is 1.15. The second kappa shape index (κ2) is 3.59. The number of carbonyl (C=O) groups is 1. The molecule has 21 heavy (non-hydrogen) atoms. The van der Waals surface area contributed by atoms with Crippen molar-refractivity contribution >= 4 is 5.97 Å². The van der Waals surface area contributed by atoms with E-state index in [9.17, 15) is 9.90 Å². The van der Waals surface area contributed by atoms with Crippen LogP contribution in [0.5, 0.6) is 0 Å². The van der Waals surface area contributed by atoms with E-state index in [1.165, 1.54) is 0 Å². The van der Waals surface area contributed by atoms with Crippen molar-refractivity contribution < 1.29 is 9.90 Å². The molecule has 0 radical (unpaired) electrons. The second-order valence-corrected chi connectivity index (χ2v) is 6.49. The molecule has 0 amide bonds. The minimum Gasteiger partial charge on any atom is -0.549 e. The summed E-state index contributed by atoms with van der Waals surface area (Å²) >= 11 is 0. The van der Waals surface area contributed by atoms with Gasteiger partial charge in [-0.25, -0.2) is 9.97 Å².